The third-order valence-electron chi connectivity index (χ3n) is 4.92. The second kappa shape index (κ2) is 12.2. The van der Waals surface area contributed by atoms with Crippen molar-refractivity contribution in [1.82, 2.24) is 4.98 Å². The Morgan fingerprint density at radius 2 is 2.00 bits per heavy atom. The Hall–Kier alpha value is -2.54. The van der Waals surface area contributed by atoms with Gasteiger partial charge in [0.2, 0.25) is 5.91 Å². The van der Waals surface area contributed by atoms with Gasteiger partial charge in [-0.3, -0.25) is 4.79 Å². The summed E-state index contributed by atoms with van der Waals surface area (Å²) in [6.07, 6.45) is 8.33. The van der Waals surface area contributed by atoms with Crippen molar-refractivity contribution < 1.29 is 19.1 Å². The zero-order valence-electron chi connectivity index (χ0n) is 18.1. The molecule has 2 aromatic rings. The minimum atomic E-state index is -0.467. The van der Waals surface area contributed by atoms with E-state index in [0.29, 0.717) is 23.4 Å². The van der Waals surface area contributed by atoms with E-state index >= 15 is 0 Å². The maximum Gasteiger partial charge on any atom is 0.337 e. The van der Waals surface area contributed by atoms with E-state index < -0.39 is 5.97 Å². The number of anilines is 1. The Labute approximate surface area is 182 Å². The Kier molecular flexibility index (Phi) is 9.67. The first kappa shape index (κ1) is 23.7. The highest BCUT2D eigenvalue weighted by atomic mass is 32.2. The van der Waals surface area contributed by atoms with E-state index in [0.717, 1.165) is 36.3 Å². The van der Waals surface area contributed by atoms with Crippen LogP contribution in [-0.4, -0.2) is 37.3 Å². The monoisotopic (exact) mass is 430 g/mol. The fraction of sp³-hybridized carbons (Fsp3) is 0.435. The number of nitrogens with one attached hydrogen (secondary N) is 1. The molecule has 0 bridgehead atoms. The van der Waals surface area contributed by atoms with Crippen molar-refractivity contribution in [1.29, 1.82) is 0 Å². The highest BCUT2D eigenvalue weighted by Crippen LogP contribution is 2.33. The quantitative estimate of drug-likeness (QED) is 0.296. The predicted molar refractivity (Wildman–Crippen MR) is 120 cm³/mol. The lowest BCUT2D eigenvalue weighted by atomic mass is 9.91. The molecule has 30 heavy (non-hydrogen) atoms. The molecule has 1 N–H and O–H groups in total. The summed E-state index contributed by atoms with van der Waals surface area (Å²) in [4.78, 5) is 29.2. The molecule has 1 aromatic heterocycles. The molecular weight excluding hydrogens is 400 g/mol. The van der Waals surface area contributed by atoms with Crippen molar-refractivity contribution in [2.24, 2.45) is 0 Å². The normalized spacial score (nSPS) is 11.6. The molecule has 1 amide bonds. The number of unbranched alkanes of at least 4 members (excludes halogenated alkanes) is 2. The SMILES string of the molecule is CCCCCC(CC(=O)Nc1cc(C(=O)OC)ccc1OC)c1cccnc1SC. The summed E-state index contributed by atoms with van der Waals surface area (Å²) < 4.78 is 10.1. The second-order valence-electron chi connectivity index (χ2n) is 6.95. The van der Waals surface area contributed by atoms with Gasteiger partial charge in [0.05, 0.1) is 30.5 Å². The number of carbonyl (C=O) groups is 2. The van der Waals surface area contributed by atoms with Crippen LogP contribution in [0.1, 0.15) is 60.9 Å². The van der Waals surface area contributed by atoms with E-state index in [-0.39, 0.29) is 11.8 Å². The van der Waals surface area contributed by atoms with Gasteiger partial charge >= 0.3 is 5.97 Å². The summed E-state index contributed by atoms with van der Waals surface area (Å²) in [5, 5.41) is 3.87. The number of nitrogens with zero attached hydrogens (tertiary/aromatic N) is 1. The maximum atomic E-state index is 12.9. The average Bonchev–Trinajstić information content (AvgIpc) is 2.77. The van der Waals surface area contributed by atoms with E-state index in [9.17, 15) is 9.59 Å². The molecule has 0 aliphatic carbocycles. The zero-order chi connectivity index (χ0) is 21.9. The Bertz CT molecular complexity index is 857. The van der Waals surface area contributed by atoms with Crippen LogP contribution in [0.3, 0.4) is 0 Å². The second-order valence-corrected chi connectivity index (χ2v) is 7.75. The van der Waals surface area contributed by atoms with Crippen molar-refractivity contribution in [3.63, 3.8) is 0 Å². The van der Waals surface area contributed by atoms with Crippen LogP contribution in [0.4, 0.5) is 5.69 Å². The van der Waals surface area contributed by atoms with Gasteiger partial charge in [0.1, 0.15) is 5.75 Å². The van der Waals surface area contributed by atoms with Crippen LogP contribution in [0.15, 0.2) is 41.6 Å². The van der Waals surface area contributed by atoms with Gasteiger partial charge in [-0.25, -0.2) is 9.78 Å². The molecular formula is C23H30N2O4S. The first-order valence-corrected chi connectivity index (χ1v) is 11.3. The van der Waals surface area contributed by atoms with E-state index in [1.54, 1.807) is 36.2 Å². The van der Waals surface area contributed by atoms with Gasteiger partial charge in [0.25, 0.3) is 0 Å². The van der Waals surface area contributed by atoms with Crippen LogP contribution in [0.25, 0.3) is 0 Å². The molecule has 0 saturated carbocycles. The van der Waals surface area contributed by atoms with Crippen LogP contribution in [0.5, 0.6) is 5.75 Å². The molecule has 1 aromatic carbocycles. The van der Waals surface area contributed by atoms with Crippen LogP contribution < -0.4 is 10.1 Å². The Morgan fingerprint density at radius 1 is 1.20 bits per heavy atom. The molecule has 1 atom stereocenters. The topological polar surface area (TPSA) is 77.5 Å². The molecule has 0 fully saturated rings. The lowest BCUT2D eigenvalue weighted by Crippen LogP contribution is -2.17. The largest absolute Gasteiger partial charge is 0.495 e. The predicted octanol–water partition coefficient (Wildman–Crippen LogP) is 5.29. The molecule has 0 aliphatic rings. The molecule has 6 nitrogen and oxygen atoms in total. The van der Waals surface area contributed by atoms with Crippen molar-refractivity contribution in [3.05, 3.63) is 47.7 Å². The number of pyridine rings is 1. The van der Waals surface area contributed by atoms with Crippen LogP contribution in [0, 0.1) is 0 Å². The number of aromatic nitrogens is 1. The first-order chi connectivity index (χ1) is 14.5. The smallest absolute Gasteiger partial charge is 0.337 e. The summed E-state index contributed by atoms with van der Waals surface area (Å²) in [6, 6.07) is 8.80. The van der Waals surface area contributed by atoms with E-state index in [2.05, 4.69) is 23.3 Å². The molecule has 2 rings (SSSR count). The first-order valence-electron chi connectivity index (χ1n) is 10.1. The minimum Gasteiger partial charge on any atom is -0.495 e. The fourth-order valence-corrected chi connectivity index (χ4v) is 4.00. The summed E-state index contributed by atoms with van der Waals surface area (Å²) in [5.41, 5.74) is 1.91. The fourth-order valence-electron chi connectivity index (χ4n) is 3.37. The molecule has 1 unspecified atom stereocenters. The van der Waals surface area contributed by atoms with Gasteiger partial charge in [0.15, 0.2) is 0 Å². The van der Waals surface area contributed by atoms with Crippen molar-refractivity contribution >= 4 is 29.3 Å². The number of hydrogen-bond donors (Lipinski definition) is 1. The van der Waals surface area contributed by atoms with E-state index in [4.69, 9.17) is 9.47 Å². The lowest BCUT2D eigenvalue weighted by molar-refractivity contribution is -0.116. The van der Waals surface area contributed by atoms with Crippen molar-refractivity contribution in [2.75, 3.05) is 25.8 Å². The number of esters is 1. The zero-order valence-corrected chi connectivity index (χ0v) is 18.9. The molecule has 0 radical (unpaired) electrons. The van der Waals surface area contributed by atoms with Crippen molar-refractivity contribution in [3.8, 4) is 5.75 Å². The molecule has 1 heterocycles. The minimum absolute atomic E-state index is 0.0717. The van der Waals surface area contributed by atoms with Gasteiger partial charge in [-0.05, 0) is 48.4 Å². The van der Waals surface area contributed by atoms with Crippen LogP contribution in [-0.2, 0) is 9.53 Å². The molecule has 7 heteroatoms. The van der Waals surface area contributed by atoms with Gasteiger partial charge in [-0.15, -0.1) is 11.8 Å². The number of benzene rings is 1. The van der Waals surface area contributed by atoms with E-state index in [1.165, 1.54) is 14.2 Å². The molecule has 162 valence electrons. The number of amides is 1. The maximum absolute atomic E-state index is 12.9. The number of thioether (sulfide) groups is 1. The average molecular weight is 431 g/mol. The molecule has 0 saturated heterocycles. The van der Waals surface area contributed by atoms with Crippen LogP contribution in [0.2, 0.25) is 0 Å². The summed E-state index contributed by atoms with van der Waals surface area (Å²) >= 11 is 1.59. The third-order valence-corrected chi connectivity index (χ3v) is 5.64. The summed E-state index contributed by atoms with van der Waals surface area (Å²) in [5.74, 6) is -0.0366. The Morgan fingerprint density at radius 3 is 2.67 bits per heavy atom. The van der Waals surface area contributed by atoms with Gasteiger partial charge in [-0.1, -0.05) is 32.3 Å². The van der Waals surface area contributed by atoms with Crippen molar-refractivity contribution in [2.45, 2.75) is 50.0 Å². The van der Waals surface area contributed by atoms with Crippen LogP contribution >= 0.6 is 11.8 Å². The lowest BCUT2D eigenvalue weighted by Gasteiger charge is -2.19. The highest BCUT2D eigenvalue weighted by molar-refractivity contribution is 7.98. The number of hydrogen-bond acceptors (Lipinski definition) is 6. The number of ether oxygens (including phenoxy) is 2. The summed E-state index contributed by atoms with van der Waals surface area (Å²) in [6.45, 7) is 2.17. The van der Waals surface area contributed by atoms with Gasteiger partial charge < -0.3 is 14.8 Å². The highest BCUT2D eigenvalue weighted by Gasteiger charge is 2.21. The third kappa shape index (κ3) is 6.49. The standard InChI is InChI=1S/C23H30N2O4S/c1-5-6-7-9-16(18-10-8-13-24-22(18)30-4)15-21(26)25-19-14-17(23(27)29-3)11-12-20(19)28-2/h8,10-14,16H,5-7,9,15H2,1-4H3,(H,25,26). The molecule has 0 aliphatic heterocycles. The van der Waals surface area contributed by atoms with E-state index in [1.807, 2.05) is 12.3 Å². The number of methoxy groups -OCH3 is 2. The number of carbonyl (C=O) groups excluding carboxylic acids is 2. The van der Waals surface area contributed by atoms with Gasteiger partial charge in [0, 0.05) is 12.6 Å². The molecule has 0 spiro atoms. The Balaban J connectivity index is 2.22. The van der Waals surface area contributed by atoms with Gasteiger partial charge in [-0.2, -0.15) is 0 Å². The number of rotatable bonds is 11. The summed E-state index contributed by atoms with van der Waals surface area (Å²) in [7, 11) is 2.85.